The predicted octanol–water partition coefficient (Wildman–Crippen LogP) is 6.03. The number of esters is 2. The molecule has 0 aromatic heterocycles. The summed E-state index contributed by atoms with van der Waals surface area (Å²) in [6.07, 6.45) is 0.750. The molecule has 0 N–H and O–H groups in total. The summed E-state index contributed by atoms with van der Waals surface area (Å²) in [5.74, 6) is -6.14. The molecule has 0 saturated heterocycles. The molecule has 0 saturated carbocycles. The molecule has 0 bridgehead atoms. The minimum atomic E-state index is -4.96. The highest BCUT2D eigenvalue weighted by atomic mass is 79.9. The number of carbonyl (C=O) groups excluding carboxylic acids is 2. The number of allylic oxidation sites excluding steroid dienone is 2. The van der Waals surface area contributed by atoms with E-state index in [1.165, 1.54) is 47.5 Å². The quantitative estimate of drug-likeness (QED) is 0.329. The van der Waals surface area contributed by atoms with Crippen LogP contribution in [0, 0.1) is 11.6 Å². The van der Waals surface area contributed by atoms with Crippen molar-refractivity contribution in [1.29, 1.82) is 0 Å². The number of methoxy groups -OCH3 is 2. The summed E-state index contributed by atoms with van der Waals surface area (Å²) in [5, 5.41) is 0. The fourth-order valence-electron chi connectivity index (χ4n) is 3.02. The molecule has 0 unspecified atom stereocenters. The lowest BCUT2D eigenvalue weighted by Crippen LogP contribution is -2.27. The van der Waals surface area contributed by atoms with Crippen molar-refractivity contribution < 1.29 is 45.8 Å². The van der Waals surface area contributed by atoms with Crippen molar-refractivity contribution in [1.82, 2.24) is 0 Å². The minimum absolute atomic E-state index is 0.111. The van der Waals surface area contributed by atoms with Gasteiger partial charge in [-0.2, -0.15) is 13.2 Å². The van der Waals surface area contributed by atoms with Crippen molar-refractivity contribution >= 4 is 33.6 Å². The van der Waals surface area contributed by atoms with Gasteiger partial charge in [-0.25, -0.2) is 18.4 Å². The lowest BCUT2D eigenvalue weighted by molar-refractivity contribution is -0.139. The van der Waals surface area contributed by atoms with Crippen LogP contribution in [0.25, 0.3) is 0 Å². The zero-order valence-corrected chi connectivity index (χ0v) is 19.5. The molecule has 0 radical (unpaired) electrons. The van der Waals surface area contributed by atoms with E-state index in [0.717, 1.165) is 14.2 Å². The Labute approximate surface area is 204 Å². The first-order valence-electron chi connectivity index (χ1n) is 9.56. The third kappa shape index (κ3) is 5.53. The number of halogens is 6. The first-order chi connectivity index (χ1) is 16.5. The van der Waals surface area contributed by atoms with Crippen LogP contribution in [0.15, 0.2) is 70.5 Å². The molecule has 35 heavy (non-hydrogen) atoms. The molecular weight excluding hydrogens is 545 g/mol. The second kappa shape index (κ2) is 10.3. The monoisotopic (exact) mass is 559 g/mol. The van der Waals surface area contributed by atoms with Crippen LogP contribution in [-0.2, 0) is 25.2 Å². The average molecular weight is 560 g/mol. The van der Waals surface area contributed by atoms with Gasteiger partial charge in [-0.05, 0) is 52.3 Å². The van der Waals surface area contributed by atoms with E-state index in [1.807, 2.05) is 0 Å². The third-order valence-electron chi connectivity index (χ3n) is 4.62. The summed E-state index contributed by atoms with van der Waals surface area (Å²) >= 11 is 3.15. The van der Waals surface area contributed by atoms with E-state index < -0.39 is 41.1 Å². The van der Waals surface area contributed by atoms with E-state index in [0.29, 0.717) is 0 Å². The van der Waals surface area contributed by atoms with Crippen LogP contribution >= 0.6 is 15.9 Å². The van der Waals surface area contributed by atoms with Gasteiger partial charge >= 0.3 is 18.1 Å². The van der Waals surface area contributed by atoms with E-state index in [9.17, 15) is 31.5 Å². The number of ether oxygens (including phenoxy) is 3. The van der Waals surface area contributed by atoms with Crippen molar-refractivity contribution in [3.8, 4) is 11.5 Å². The number of anilines is 1. The minimum Gasteiger partial charge on any atom is -0.465 e. The number of nitrogens with zero attached hydrogens (tertiary/aromatic N) is 1. The second-order valence-electron chi connectivity index (χ2n) is 6.80. The van der Waals surface area contributed by atoms with Crippen LogP contribution in [-0.4, -0.2) is 26.2 Å². The highest BCUT2D eigenvalue weighted by Crippen LogP contribution is 2.39. The molecule has 6 nitrogen and oxygen atoms in total. The molecule has 184 valence electrons. The number of alkyl halides is 3. The summed E-state index contributed by atoms with van der Waals surface area (Å²) in [6.45, 7) is 0. The fourth-order valence-corrected chi connectivity index (χ4v) is 3.34. The van der Waals surface area contributed by atoms with Crippen LogP contribution in [0.3, 0.4) is 0 Å². The molecule has 0 aliphatic carbocycles. The SMILES string of the molecule is COC(=O)C1=C(C(=O)OC)N(c2ccc(Br)c(Oc3c(F)cc(C(F)(F)F)cc3F)c2)C=CC=C1. The van der Waals surface area contributed by atoms with Gasteiger partial charge in [0.2, 0.25) is 0 Å². The first kappa shape index (κ1) is 25.9. The van der Waals surface area contributed by atoms with Gasteiger partial charge in [-0.1, -0.05) is 6.08 Å². The molecule has 2 aromatic rings. The van der Waals surface area contributed by atoms with Crippen molar-refractivity contribution in [2.75, 3.05) is 19.1 Å². The smallest absolute Gasteiger partial charge is 0.416 e. The fraction of sp³-hybridized carbons (Fsp3) is 0.130. The van der Waals surface area contributed by atoms with Gasteiger partial charge in [0.15, 0.2) is 17.4 Å². The van der Waals surface area contributed by atoms with Crippen molar-refractivity contribution in [2.24, 2.45) is 0 Å². The van der Waals surface area contributed by atoms with Crippen molar-refractivity contribution in [2.45, 2.75) is 6.18 Å². The van der Waals surface area contributed by atoms with E-state index in [-0.39, 0.29) is 39.3 Å². The van der Waals surface area contributed by atoms with E-state index in [4.69, 9.17) is 14.2 Å². The van der Waals surface area contributed by atoms with Gasteiger partial charge in [0.1, 0.15) is 11.4 Å². The Kier molecular flexibility index (Phi) is 7.64. The van der Waals surface area contributed by atoms with Crippen LogP contribution in [0.4, 0.5) is 27.6 Å². The molecule has 2 aromatic carbocycles. The maximum Gasteiger partial charge on any atom is 0.416 e. The lowest BCUT2D eigenvalue weighted by Gasteiger charge is -2.24. The van der Waals surface area contributed by atoms with E-state index in [1.54, 1.807) is 0 Å². The molecule has 3 rings (SSSR count). The van der Waals surface area contributed by atoms with E-state index in [2.05, 4.69) is 15.9 Å². The Morgan fingerprint density at radius 1 is 0.943 bits per heavy atom. The Morgan fingerprint density at radius 3 is 2.14 bits per heavy atom. The van der Waals surface area contributed by atoms with E-state index >= 15 is 0 Å². The molecule has 0 spiro atoms. The average Bonchev–Trinajstić information content (AvgIpc) is 3.03. The Balaban J connectivity index is 2.09. The van der Waals surface area contributed by atoms with Crippen LogP contribution in [0.5, 0.6) is 11.5 Å². The van der Waals surface area contributed by atoms with Gasteiger partial charge in [-0.15, -0.1) is 0 Å². The standard InChI is InChI=1S/C23H15BrF5NO5/c1-33-21(31)14-5-3-4-8-30(19(14)22(32)34-2)13-6-7-15(24)18(11-13)35-20-16(25)9-12(10-17(20)26)23(27,28)29/h3-11H,1-2H3. The zero-order valence-electron chi connectivity index (χ0n) is 18.0. The molecule has 1 aliphatic rings. The van der Waals surface area contributed by atoms with Gasteiger partial charge < -0.3 is 19.1 Å². The van der Waals surface area contributed by atoms with Crippen molar-refractivity contribution in [3.05, 3.63) is 87.7 Å². The number of hydrogen-bond acceptors (Lipinski definition) is 6. The molecular formula is C23H15BrF5NO5. The number of rotatable bonds is 5. The molecule has 1 aliphatic heterocycles. The maximum atomic E-state index is 14.3. The molecule has 0 atom stereocenters. The predicted molar refractivity (Wildman–Crippen MR) is 117 cm³/mol. The Bertz CT molecular complexity index is 1250. The summed E-state index contributed by atoms with van der Waals surface area (Å²) in [4.78, 5) is 26.1. The molecule has 0 amide bonds. The summed E-state index contributed by atoms with van der Waals surface area (Å²) in [5.41, 5.74) is -1.71. The number of carbonyl (C=O) groups is 2. The normalized spacial score (nSPS) is 13.5. The van der Waals surface area contributed by atoms with Crippen molar-refractivity contribution in [3.63, 3.8) is 0 Å². The second-order valence-corrected chi connectivity index (χ2v) is 7.65. The van der Waals surface area contributed by atoms with Gasteiger partial charge in [0, 0.05) is 18.0 Å². The Hall–Kier alpha value is -3.67. The number of hydrogen-bond donors (Lipinski definition) is 0. The highest BCUT2D eigenvalue weighted by molar-refractivity contribution is 9.10. The topological polar surface area (TPSA) is 65.1 Å². The molecule has 12 heteroatoms. The lowest BCUT2D eigenvalue weighted by atomic mass is 10.1. The number of benzene rings is 2. The summed E-state index contributed by atoms with van der Waals surface area (Å²) < 4.78 is 82.1. The van der Waals surface area contributed by atoms with Gasteiger partial charge in [0.25, 0.3) is 0 Å². The molecule has 0 fully saturated rings. The largest absolute Gasteiger partial charge is 0.465 e. The summed E-state index contributed by atoms with van der Waals surface area (Å²) in [6, 6.07) is 4.35. The maximum absolute atomic E-state index is 14.3. The highest BCUT2D eigenvalue weighted by Gasteiger charge is 2.33. The van der Waals surface area contributed by atoms with Gasteiger partial charge in [-0.3, -0.25) is 0 Å². The van der Waals surface area contributed by atoms with Crippen LogP contribution < -0.4 is 9.64 Å². The third-order valence-corrected chi connectivity index (χ3v) is 5.27. The van der Waals surface area contributed by atoms with Crippen LogP contribution in [0.2, 0.25) is 0 Å². The Morgan fingerprint density at radius 2 is 1.57 bits per heavy atom. The first-order valence-corrected chi connectivity index (χ1v) is 10.4. The van der Waals surface area contributed by atoms with Crippen LogP contribution in [0.1, 0.15) is 5.56 Å². The van der Waals surface area contributed by atoms with Gasteiger partial charge in [0.05, 0.1) is 29.8 Å². The summed E-state index contributed by atoms with van der Waals surface area (Å²) in [7, 11) is 2.23. The molecule has 1 heterocycles. The zero-order chi connectivity index (χ0) is 25.9.